The van der Waals surface area contributed by atoms with E-state index >= 15 is 0 Å². The van der Waals surface area contributed by atoms with Gasteiger partial charge in [-0.1, -0.05) is 42.1 Å². The molecule has 36 heavy (non-hydrogen) atoms. The summed E-state index contributed by atoms with van der Waals surface area (Å²) >= 11 is 1.15. The summed E-state index contributed by atoms with van der Waals surface area (Å²) in [4.78, 5) is 30.4. The molecule has 1 heterocycles. The molecule has 0 saturated carbocycles. The Morgan fingerprint density at radius 3 is 2.36 bits per heavy atom. The Labute approximate surface area is 211 Å². The SMILES string of the molecule is COc1cc(OC)c(OC)cc1C=NNC(=O)CSc1nc2ccccc2c(=O)n1-c1ccccc1. The summed E-state index contributed by atoms with van der Waals surface area (Å²) in [5.74, 6) is 1.16. The minimum absolute atomic E-state index is 0.00196. The fraction of sp³-hybridized carbons (Fsp3) is 0.154. The zero-order chi connectivity index (χ0) is 25.5. The summed E-state index contributed by atoms with van der Waals surface area (Å²) in [6.45, 7) is 0. The maximum Gasteiger partial charge on any atom is 0.266 e. The van der Waals surface area contributed by atoms with E-state index in [1.54, 1.807) is 30.3 Å². The van der Waals surface area contributed by atoms with E-state index in [1.807, 2.05) is 36.4 Å². The molecule has 1 amide bonds. The monoisotopic (exact) mass is 504 g/mol. The van der Waals surface area contributed by atoms with Crippen LogP contribution in [0.4, 0.5) is 0 Å². The Morgan fingerprint density at radius 2 is 1.64 bits per heavy atom. The number of ether oxygens (including phenoxy) is 3. The molecule has 0 atom stereocenters. The van der Waals surface area contributed by atoms with Crippen molar-refractivity contribution in [3.8, 4) is 22.9 Å². The van der Waals surface area contributed by atoms with Gasteiger partial charge in [0.05, 0.1) is 49.9 Å². The molecule has 0 aliphatic rings. The van der Waals surface area contributed by atoms with Crippen molar-refractivity contribution < 1.29 is 19.0 Å². The molecule has 0 fully saturated rings. The van der Waals surface area contributed by atoms with Gasteiger partial charge in [-0.2, -0.15) is 5.10 Å². The Balaban J connectivity index is 1.53. The largest absolute Gasteiger partial charge is 0.496 e. The van der Waals surface area contributed by atoms with Gasteiger partial charge in [-0.25, -0.2) is 10.4 Å². The highest BCUT2D eigenvalue weighted by Gasteiger charge is 2.15. The third-order valence-corrected chi connectivity index (χ3v) is 6.16. The first-order valence-corrected chi connectivity index (χ1v) is 11.9. The van der Waals surface area contributed by atoms with E-state index in [-0.39, 0.29) is 17.2 Å². The fourth-order valence-electron chi connectivity index (χ4n) is 3.50. The Bertz CT molecular complexity index is 1470. The van der Waals surface area contributed by atoms with E-state index in [9.17, 15) is 9.59 Å². The van der Waals surface area contributed by atoms with Gasteiger partial charge >= 0.3 is 0 Å². The molecule has 0 aliphatic heterocycles. The van der Waals surface area contributed by atoms with Gasteiger partial charge in [0.2, 0.25) is 0 Å². The lowest BCUT2D eigenvalue weighted by Crippen LogP contribution is -2.24. The molecule has 1 aromatic heterocycles. The van der Waals surface area contributed by atoms with Gasteiger partial charge in [0.1, 0.15) is 5.75 Å². The molecular weight excluding hydrogens is 480 g/mol. The third kappa shape index (κ3) is 5.33. The van der Waals surface area contributed by atoms with Gasteiger partial charge in [0, 0.05) is 11.6 Å². The third-order valence-electron chi connectivity index (χ3n) is 5.22. The highest BCUT2D eigenvalue weighted by Crippen LogP contribution is 2.33. The number of amides is 1. The van der Waals surface area contributed by atoms with Crippen molar-refractivity contribution in [3.05, 3.63) is 82.6 Å². The maximum absolute atomic E-state index is 13.2. The molecule has 184 valence electrons. The summed E-state index contributed by atoms with van der Waals surface area (Å²) in [5, 5.41) is 4.95. The average molecular weight is 505 g/mol. The molecule has 3 aromatic carbocycles. The summed E-state index contributed by atoms with van der Waals surface area (Å²) < 4.78 is 17.5. The second kappa shape index (κ2) is 11.4. The van der Waals surface area contributed by atoms with Crippen LogP contribution in [-0.4, -0.2) is 48.8 Å². The van der Waals surface area contributed by atoms with Crippen LogP contribution in [0.15, 0.2) is 81.8 Å². The molecule has 0 saturated heterocycles. The number of fused-ring (bicyclic) bond motifs is 1. The summed E-state index contributed by atoms with van der Waals surface area (Å²) in [5.41, 5.74) is 4.13. The zero-order valence-corrected chi connectivity index (χ0v) is 20.7. The molecule has 0 aliphatic carbocycles. The van der Waals surface area contributed by atoms with Crippen molar-refractivity contribution >= 4 is 34.8 Å². The molecule has 9 nitrogen and oxygen atoms in total. The zero-order valence-electron chi connectivity index (χ0n) is 19.9. The van der Waals surface area contributed by atoms with Crippen LogP contribution in [0.5, 0.6) is 17.2 Å². The first-order valence-electron chi connectivity index (χ1n) is 10.9. The topological polar surface area (TPSA) is 104 Å². The molecule has 1 N–H and O–H groups in total. The van der Waals surface area contributed by atoms with E-state index in [0.29, 0.717) is 44.6 Å². The van der Waals surface area contributed by atoms with Crippen molar-refractivity contribution in [1.82, 2.24) is 15.0 Å². The number of methoxy groups -OCH3 is 3. The van der Waals surface area contributed by atoms with Gasteiger partial charge in [0.25, 0.3) is 11.5 Å². The standard InChI is InChI=1S/C26H24N4O5S/c1-33-21-14-23(35-3)22(34-2)13-17(21)15-27-29-24(31)16-36-26-28-20-12-8-7-11-19(20)25(32)30(26)18-9-5-4-6-10-18/h4-15H,16H2,1-3H3,(H,29,31). The lowest BCUT2D eigenvalue weighted by atomic mass is 10.2. The normalized spacial score (nSPS) is 11.0. The number of nitrogens with one attached hydrogen (secondary N) is 1. The van der Waals surface area contributed by atoms with Gasteiger partial charge in [-0.3, -0.25) is 14.2 Å². The fourth-order valence-corrected chi connectivity index (χ4v) is 4.31. The van der Waals surface area contributed by atoms with Crippen LogP contribution < -0.4 is 25.2 Å². The number of hydrazone groups is 1. The molecular formula is C26H24N4O5S. The minimum atomic E-state index is -0.363. The molecule has 4 rings (SSSR count). The predicted octanol–water partition coefficient (Wildman–Crippen LogP) is 3.65. The quantitative estimate of drug-likeness (QED) is 0.161. The number of carbonyl (C=O) groups is 1. The number of benzene rings is 3. The van der Waals surface area contributed by atoms with Crippen LogP contribution >= 0.6 is 11.8 Å². The second-order valence-electron chi connectivity index (χ2n) is 7.42. The van der Waals surface area contributed by atoms with E-state index in [0.717, 1.165) is 11.8 Å². The van der Waals surface area contributed by atoms with E-state index in [1.165, 1.54) is 32.1 Å². The lowest BCUT2D eigenvalue weighted by molar-refractivity contribution is -0.118. The van der Waals surface area contributed by atoms with Crippen LogP contribution in [0.1, 0.15) is 5.56 Å². The highest BCUT2D eigenvalue weighted by atomic mass is 32.2. The van der Waals surface area contributed by atoms with Crippen molar-refractivity contribution in [3.63, 3.8) is 0 Å². The van der Waals surface area contributed by atoms with Crippen LogP contribution in [0.25, 0.3) is 16.6 Å². The van der Waals surface area contributed by atoms with E-state index in [4.69, 9.17) is 14.2 Å². The average Bonchev–Trinajstić information content (AvgIpc) is 2.92. The van der Waals surface area contributed by atoms with Gasteiger partial charge < -0.3 is 14.2 Å². The molecule has 0 spiro atoms. The Kier molecular flexibility index (Phi) is 7.86. The number of thioether (sulfide) groups is 1. The van der Waals surface area contributed by atoms with Crippen molar-refractivity contribution in [2.75, 3.05) is 27.1 Å². The van der Waals surface area contributed by atoms with Crippen molar-refractivity contribution in [1.29, 1.82) is 0 Å². The van der Waals surface area contributed by atoms with Crippen LogP contribution in [0, 0.1) is 0 Å². The van der Waals surface area contributed by atoms with Gasteiger partial charge in [0.15, 0.2) is 16.7 Å². The lowest BCUT2D eigenvalue weighted by Gasteiger charge is -2.13. The number of aromatic nitrogens is 2. The minimum Gasteiger partial charge on any atom is -0.496 e. The number of hydrogen-bond acceptors (Lipinski definition) is 8. The number of para-hydroxylation sites is 2. The number of nitrogens with zero attached hydrogens (tertiary/aromatic N) is 3. The highest BCUT2D eigenvalue weighted by molar-refractivity contribution is 7.99. The predicted molar refractivity (Wildman–Crippen MR) is 140 cm³/mol. The van der Waals surface area contributed by atoms with Crippen molar-refractivity contribution in [2.24, 2.45) is 5.10 Å². The summed E-state index contributed by atoms with van der Waals surface area (Å²) in [6.07, 6.45) is 1.46. The smallest absolute Gasteiger partial charge is 0.266 e. The van der Waals surface area contributed by atoms with Crippen LogP contribution in [0.3, 0.4) is 0 Å². The summed E-state index contributed by atoms with van der Waals surface area (Å²) in [7, 11) is 4.58. The number of hydrogen-bond donors (Lipinski definition) is 1. The first-order chi connectivity index (χ1) is 17.5. The summed E-state index contributed by atoms with van der Waals surface area (Å²) in [6, 6.07) is 19.7. The molecule has 4 aromatic rings. The second-order valence-corrected chi connectivity index (χ2v) is 8.36. The van der Waals surface area contributed by atoms with E-state index < -0.39 is 0 Å². The van der Waals surface area contributed by atoms with E-state index in [2.05, 4.69) is 15.5 Å². The van der Waals surface area contributed by atoms with Crippen LogP contribution in [-0.2, 0) is 4.79 Å². The maximum atomic E-state index is 13.2. The molecule has 0 bridgehead atoms. The van der Waals surface area contributed by atoms with Gasteiger partial charge in [-0.15, -0.1) is 0 Å². The van der Waals surface area contributed by atoms with Crippen LogP contribution in [0.2, 0.25) is 0 Å². The van der Waals surface area contributed by atoms with Gasteiger partial charge in [-0.05, 0) is 30.3 Å². The first kappa shape index (κ1) is 24.8. The molecule has 0 radical (unpaired) electrons. The molecule has 0 unspecified atom stereocenters. The Hall–Kier alpha value is -4.31. The molecule has 10 heteroatoms. The number of carbonyl (C=O) groups excluding carboxylic acids is 1. The van der Waals surface area contributed by atoms with Crippen molar-refractivity contribution in [2.45, 2.75) is 5.16 Å². The number of rotatable bonds is 9. The Morgan fingerprint density at radius 1 is 0.972 bits per heavy atom.